The first-order valence-electron chi connectivity index (χ1n) is 19.7. The van der Waals surface area contributed by atoms with Crippen LogP contribution in [0.15, 0.2) is 12.2 Å². The summed E-state index contributed by atoms with van der Waals surface area (Å²) in [4.78, 5) is 14.7. The second-order valence-electron chi connectivity index (χ2n) is 16.9. The van der Waals surface area contributed by atoms with Gasteiger partial charge in [0.05, 0.1) is 25.2 Å². The Balaban J connectivity index is 1.47. The minimum Gasteiger partial charge on any atom is -0.432 e. The van der Waals surface area contributed by atoms with Crippen molar-refractivity contribution in [3.8, 4) is 0 Å². The van der Waals surface area contributed by atoms with E-state index in [1.807, 2.05) is 6.92 Å². The third-order valence-electron chi connectivity index (χ3n) is 13.1. The van der Waals surface area contributed by atoms with Gasteiger partial charge in [-0.15, -0.1) is 0 Å². The smallest absolute Gasteiger partial charge is 0.314 e. The summed E-state index contributed by atoms with van der Waals surface area (Å²) in [5.74, 6) is -0.277. The second kappa shape index (κ2) is 18.7. The lowest BCUT2D eigenvalue weighted by atomic mass is 9.53. The van der Waals surface area contributed by atoms with Gasteiger partial charge in [-0.25, -0.2) is 0 Å². The van der Waals surface area contributed by atoms with E-state index >= 15 is 0 Å². The van der Waals surface area contributed by atoms with E-state index in [0.717, 1.165) is 57.8 Å². The molecule has 5 fully saturated rings. The predicted molar refractivity (Wildman–Crippen MR) is 189 cm³/mol. The molecule has 0 aromatic carbocycles. The first-order chi connectivity index (χ1) is 26.0. The summed E-state index contributed by atoms with van der Waals surface area (Å²) in [6, 6.07) is 0. The number of aliphatic hydroxyl groups excluding tert-OH is 10. The number of hydrogen-bond acceptors (Lipinski definition) is 17. The van der Waals surface area contributed by atoms with Crippen LogP contribution in [0.1, 0.15) is 85.0 Å². The number of ether oxygens (including phenoxy) is 6. The van der Waals surface area contributed by atoms with Crippen molar-refractivity contribution in [3.05, 3.63) is 12.2 Å². The SMILES string of the molecule is C=C(C)[C@H]1CCCC[C@H]2[C@](C)(CCC1)CCC[C@@]2(C)C(=O)O[C@@H]1O[C@H](CO)[C@@H](O)[C@H](O[C@@H]2O[C@H](CO)[C@@H](O)[C@H](O)[C@H]2O)[C@H]1O[C@@H]1O[C@H](CO)[C@@H](O)[C@H](O)[C@H]1O. The van der Waals surface area contributed by atoms with Gasteiger partial charge < -0.3 is 79.5 Å². The maximum Gasteiger partial charge on any atom is 0.314 e. The first kappa shape index (κ1) is 44.7. The molecule has 2 saturated carbocycles. The van der Waals surface area contributed by atoms with Crippen molar-refractivity contribution in [2.24, 2.45) is 22.7 Å². The molecular weight excluding hydrogens is 728 g/mol. The maximum absolute atomic E-state index is 14.7. The third kappa shape index (κ3) is 9.26. The molecule has 0 amide bonds. The van der Waals surface area contributed by atoms with E-state index in [2.05, 4.69) is 20.4 Å². The van der Waals surface area contributed by atoms with Crippen LogP contribution in [0.2, 0.25) is 0 Å². The number of allylic oxidation sites excluding steroid dienone is 1. The van der Waals surface area contributed by atoms with Gasteiger partial charge >= 0.3 is 5.97 Å². The summed E-state index contributed by atoms with van der Waals surface area (Å²) >= 11 is 0. The van der Waals surface area contributed by atoms with Crippen LogP contribution >= 0.6 is 0 Å². The Morgan fingerprint density at radius 1 is 0.618 bits per heavy atom. The van der Waals surface area contributed by atoms with Crippen LogP contribution < -0.4 is 0 Å². The minimum atomic E-state index is -1.95. The number of carbonyl (C=O) groups excluding carboxylic acids is 1. The van der Waals surface area contributed by atoms with Crippen molar-refractivity contribution in [2.75, 3.05) is 19.8 Å². The Morgan fingerprint density at radius 3 is 1.64 bits per heavy atom. The molecule has 318 valence electrons. The molecule has 2 aliphatic carbocycles. The number of carbonyl (C=O) groups is 1. The fraction of sp³-hybridized carbons (Fsp3) is 0.921. The van der Waals surface area contributed by atoms with Gasteiger partial charge in [-0.3, -0.25) is 4.79 Å². The molecule has 0 radical (unpaired) electrons. The zero-order valence-corrected chi connectivity index (χ0v) is 32.0. The first-order valence-corrected chi connectivity index (χ1v) is 19.7. The van der Waals surface area contributed by atoms with E-state index in [1.54, 1.807) is 0 Å². The number of hydrogen-bond donors (Lipinski definition) is 10. The Labute approximate surface area is 321 Å². The van der Waals surface area contributed by atoms with Gasteiger partial charge in [-0.05, 0) is 69.6 Å². The highest BCUT2D eigenvalue weighted by Crippen LogP contribution is 2.57. The molecule has 19 atom stereocenters. The molecule has 5 rings (SSSR count). The van der Waals surface area contributed by atoms with Gasteiger partial charge in [0.2, 0.25) is 6.29 Å². The number of rotatable bonds is 10. The summed E-state index contributed by atoms with van der Waals surface area (Å²) < 4.78 is 35.3. The molecule has 17 heteroatoms. The van der Waals surface area contributed by atoms with Gasteiger partial charge in [-0.1, -0.05) is 44.8 Å². The quantitative estimate of drug-likeness (QED) is 0.0912. The lowest BCUT2D eigenvalue weighted by Gasteiger charge is -2.53. The zero-order chi connectivity index (χ0) is 40.4. The Morgan fingerprint density at radius 2 is 1.09 bits per heavy atom. The van der Waals surface area contributed by atoms with Gasteiger partial charge in [0, 0.05) is 0 Å². The van der Waals surface area contributed by atoms with Crippen molar-refractivity contribution in [1.29, 1.82) is 0 Å². The van der Waals surface area contributed by atoms with Crippen LogP contribution in [0.3, 0.4) is 0 Å². The largest absolute Gasteiger partial charge is 0.432 e. The Hall–Kier alpha value is -1.39. The summed E-state index contributed by atoms with van der Waals surface area (Å²) in [6.45, 7) is 7.98. The molecule has 0 bridgehead atoms. The molecule has 55 heavy (non-hydrogen) atoms. The van der Waals surface area contributed by atoms with Crippen molar-refractivity contribution in [3.63, 3.8) is 0 Å². The molecule has 0 aromatic rings. The molecule has 0 spiro atoms. The molecule has 3 saturated heterocycles. The van der Waals surface area contributed by atoms with E-state index in [4.69, 9.17) is 28.4 Å². The Bertz CT molecular complexity index is 1270. The highest BCUT2D eigenvalue weighted by molar-refractivity contribution is 5.77. The summed E-state index contributed by atoms with van der Waals surface area (Å²) in [6.07, 6.45) is -17.5. The van der Waals surface area contributed by atoms with Gasteiger partial charge in [0.15, 0.2) is 18.7 Å². The Kier molecular flexibility index (Phi) is 15.2. The van der Waals surface area contributed by atoms with E-state index in [1.165, 1.54) is 5.57 Å². The number of esters is 1. The average molecular weight is 793 g/mol. The highest BCUT2D eigenvalue weighted by atomic mass is 16.8. The summed E-state index contributed by atoms with van der Waals surface area (Å²) in [5, 5.41) is 105. The predicted octanol–water partition coefficient (Wildman–Crippen LogP) is -1.27. The lowest BCUT2D eigenvalue weighted by Crippen LogP contribution is -2.67. The normalized spacial score (nSPS) is 48.7. The second-order valence-corrected chi connectivity index (χ2v) is 16.9. The average Bonchev–Trinajstić information content (AvgIpc) is 3.15. The van der Waals surface area contributed by atoms with Gasteiger partial charge in [0.1, 0.15) is 67.1 Å². The van der Waals surface area contributed by atoms with Crippen LogP contribution in [0.4, 0.5) is 0 Å². The van der Waals surface area contributed by atoms with Crippen LogP contribution in [0, 0.1) is 22.7 Å². The maximum atomic E-state index is 14.7. The summed E-state index contributed by atoms with van der Waals surface area (Å²) in [5.41, 5.74) is -0.0242. The van der Waals surface area contributed by atoms with E-state index < -0.39 is 123 Å². The fourth-order valence-electron chi connectivity index (χ4n) is 9.66. The topological polar surface area (TPSA) is 275 Å². The lowest BCUT2D eigenvalue weighted by molar-refractivity contribution is -0.388. The highest BCUT2D eigenvalue weighted by Gasteiger charge is 2.58. The molecule has 3 heterocycles. The molecule has 10 N–H and O–H groups in total. The standard InChI is InChI=1S/C38H64O17/c1-18(2)19-9-5-6-11-23-37(3,12-7-10-19)13-8-14-38(23,4)36(49)55-35-32(54-34-30(48)28(46)25(43)21(16-40)51-34)31(26(44)22(17-41)52-35)53-33-29(47)27(45)24(42)20(15-39)50-33/h19-35,39-48H,1,5-17H2,2-4H3/t19-,20+,21+,22+,23-,24+,25+,26+,27-,28-,29+,30+,31-,32+,33-,34-,35-,37+,38+/m0/s1. The van der Waals surface area contributed by atoms with Crippen LogP contribution in [0.5, 0.6) is 0 Å². The van der Waals surface area contributed by atoms with Crippen LogP contribution in [-0.4, -0.2) is 169 Å². The van der Waals surface area contributed by atoms with E-state index in [0.29, 0.717) is 12.3 Å². The fourth-order valence-corrected chi connectivity index (χ4v) is 9.66. The minimum absolute atomic E-state index is 0.0866. The third-order valence-corrected chi connectivity index (χ3v) is 13.1. The van der Waals surface area contributed by atoms with E-state index in [9.17, 15) is 55.9 Å². The van der Waals surface area contributed by atoms with Crippen molar-refractivity contribution >= 4 is 5.97 Å². The van der Waals surface area contributed by atoms with Crippen LogP contribution in [0.25, 0.3) is 0 Å². The molecule has 0 aromatic heterocycles. The van der Waals surface area contributed by atoms with E-state index in [-0.39, 0.29) is 11.3 Å². The van der Waals surface area contributed by atoms with Crippen molar-refractivity contribution in [2.45, 2.75) is 177 Å². The molecule has 5 aliphatic rings. The molecular formula is C38H64O17. The molecule has 0 unspecified atom stereocenters. The van der Waals surface area contributed by atoms with Gasteiger partial charge in [0.25, 0.3) is 0 Å². The van der Waals surface area contributed by atoms with Crippen LogP contribution in [-0.2, 0) is 33.2 Å². The number of fused-ring (bicyclic) bond motifs is 1. The summed E-state index contributed by atoms with van der Waals surface area (Å²) in [7, 11) is 0. The van der Waals surface area contributed by atoms with Crippen molar-refractivity contribution in [1.82, 2.24) is 0 Å². The molecule has 3 aliphatic heterocycles. The van der Waals surface area contributed by atoms with Crippen molar-refractivity contribution < 1.29 is 84.3 Å². The monoisotopic (exact) mass is 792 g/mol. The number of aliphatic hydroxyl groups is 10. The zero-order valence-electron chi connectivity index (χ0n) is 32.0. The van der Waals surface area contributed by atoms with Gasteiger partial charge in [-0.2, -0.15) is 0 Å². The molecule has 17 nitrogen and oxygen atoms in total.